The zero-order chi connectivity index (χ0) is 11.6. The molecule has 0 aliphatic carbocycles. The van der Waals surface area contributed by atoms with E-state index in [2.05, 4.69) is 22.0 Å². The third-order valence-electron chi connectivity index (χ3n) is 2.36. The van der Waals surface area contributed by atoms with Crippen LogP contribution in [0, 0.1) is 6.07 Å². The molecule has 87 valence electrons. The van der Waals surface area contributed by atoms with Gasteiger partial charge in [0.15, 0.2) is 0 Å². The number of morpholine rings is 1. The summed E-state index contributed by atoms with van der Waals surface area (Å²) in [7, 11) is -3.42. The van der Waals surface area contributed by atoms with E-state index >= 15 is 0 Å². The van der Waals surface area contributed by atoms with Crippen LogP contribution in [-0.4, -0.2) is 39.0 Å². The second-order valence-corrected chi connectivity index (χ2v) is 6.13. The molecule has 1 aromatic carbocycles. The van der Waals surface area contributed by atoms with Crippen LogP contribution < -0.4 is 0 Å². The summed E-state index contributed by atoms with van der Waals surface area (Å²) in [4.78, 5) is 0.261. The van der Waals surface area contributed by atoms with Gasteiger partial charge in [0.25, 0.3) is 0 Å². The first-order valence-corrected chi connectivity index (χ1v) is 7.09. The average molecular weight is 305 g/mol. The van der Waals surface area contributed by atoms with Crippen molar-refractivity contribution in [3.05, 3.63) is 28.7 Å². The molecule has 1 saturated heterocycles. The predicted octanol–water partition coefficient (Wildman–Crippen LogP) is 1.27. The molecule has 16 heavy (non-hydrogen) atoms. The number of benzene rings is 1. The van der Waals surface area contributed by atoms with Crippen molar-refractivity contribution in [2.24, 2.45) is 0 Å². The van der Waals surface area contributed by atoms with Crippen molar-refractivity contribution in [1.29, 1.82) is 0 Å². The van der Waals surface area contributed by atoms with E-state index in [1.54, 1.807) is 12.1 Å². The van der Waals surface area contributed by atoms with E-state index in [9.17, 15) is 8.42 Å². The maximum atomic E-state index is 12.2. The molecule has 6 heteroatoms. The highest BCUT2D eigenvalue weighted by Gasteiger charge is 2.27. The summed E-state index contributed by atoms with van der Waals surface area (Å²) in [5.74, 6) is 0. The van der Waals surface area contributed by atoms with Crippen molar-refractivity contribution in [2.75, 3.05) is 26.3 Å². The number of halogens is 1. The van der Waals surface area contributed by atoms with E-state index in [4.69, 9.17) is 4.74 Å². The maximum absolute atomic E-state index is 12.2. The molecule has 0 atom stereocenters. The van der Waals surface area contributed by atoms with E-state index < -0.39 is 10.0 Å². The number of hydrogen-bond acceptors (Lipinski definition) is 3. The van der Waals surface area contributed by atoms with E-state index in [-0.39, 0.29) is 4.90 Å². The Labute approximate surface area is 103 Å². The van der Waals surface area contributed by atoms with Gasteiger partial charge in [0.1, 0.15) is 0 Å². The summed E-state index contributed by atoms with van der Waals surface area (Å²) in [5.41, 5.74) is 0. The van der Waals surface area contributed by atoms with Crippen LogP contribution in [0.4, 0.5) is 0 Å². The molecule has 0 spiro atoms. The first-order chi connectivity index (χ1) is 7.62. The Bertz CT molecular complexity index is 469. The van der Waals surface area contributed by atoms with Gasteiger partial charge in [0.05, 0.1) is 18.1 Å². The van der Waals surface area contributed by atoms with Crippen molar-refractivity contribution >= 4 is 26.0 Å². The van der Waals surface area contributed by atoms with Gasteiger partial charge in [-0.05, 0) is 34.1 Å². The van der Waals surface area contributed by atoms with E-state index in [1.165, 1.54) is 10.4 Å². The van der Waals surface area contributed by atoms with E-state index in [0.29, 0.717) is 30.8 Å². The molecule has 1 radical (unpaired) electrons. The van der Waals surface area contributed by atoms with Gasteiger partial charge in [-0.3, -0.25) is 0 Å². The Hall–Kier alpha value is -0.430. The molecule has 1 fully saturated rings. The van der Waals surface area contributed by atoms with Crippen molar-refractivity contribution in [3.63, 3.8) is 0 Å². The monoisotopic (exact) mass is 304 g/mol. The quantitative estimate of drug-likeness (QED) is 0.827. The second-order valence-electron chi connectivity index (χ2n) is 3.37. The first kappa shape index (κ1) is 12.0. The Morgan fingerprint density at radius 2 is 2.06 bits per heavy atom. The molecule has 2 rings (SSSR count). The van der Waals surface area contributed by atoms with Crippen LogP contribution in [-0.2, 0) is 14.8 Å². The molecule has 4 nitrogen and oxygen atoms in total. The normalized spacial score (nSPS) is 18.6. The second kappa shape index (κ2) is 4.83. The lowest BCUT2D eigenvalue weighted by Crippen LogP contribution is -2.40. The Morgan fingerprint density at radius 1 is 1.38 bits per heavy atom. The van der Waals surface area contributed by atoms with Crippen LogP contribution in [0.1, 0.15) is 0 Å². The van der Waals surface area contributed by atoms with E-state index in [0.717, 1.165) is 0 Å². The molecule has 0 aromatic heterocycles. The number of ether oxygens (including phenoxy) is 1. The number of sulfonamides is 1. The summed E-state index contributed by atoms with van der Waals surface area (Å²) in [6.45, 7) is 1.72. The van der Waals surface area contributed by atoms with Crippen molar-refractivity contribution in [1.82, 2.24) is 4.31 Å². The van der Waals surface area contributed by atoms with Crippen LogP contribution in [0.15, 0.2) is 27.6 Å². The first-order valence-electron chi connectivity index (χ1n) is 4.86. The largest absolute Gasteiger partial charge is 0.379 e. The van der Waals surface area contributed by atoms with Gasteiger partial charge < -0.3 is 4.74 Å². The minimum atomic E-state index is -3.42. The van der Waals surface area contributed by atoms with Gasteiger partial charge in [-0.2, -0.15) is 4.31 Å². The molecule has 0 N–H and O–H groups in total. The smallest absolute Gasteiger partial charge is 0.244 e. The minimum Gasteiger partial charge on any atom is -0.379 e. The molecule has 0 amide bonds. The number of nitrogens with zero attached hydrogens (tertiary/aromatic N) is 1. The van der Waals surface area contributed by atoms with Crippen molar-refractivity contribution < 1.29 is 13.2 Å². The molecule has 1 aliphatic heterocycles. The molecular formula is C10H11BrNO3S. The lowest BCUT2D eigenvalue weighted by molar-refractivity contribution is 0.0730. The summed E-state index contributed by atoms with van der Waals surface area (Å²) in [6.07, 6.45) is 0. The summed E-state index contributed by atoms with van der Waals surface area (Å²) >= 11 is 3.24. The van der Waals surface area contributed by atoms with Crippen LogP contribution >= 0.6 is 15.9 Å². The fourth-order valence-corrected chi connectivity index (χ4v) is 3.82. The third-order valence-corrected chi connectivity index (χ3v) is 5.26. The Morgan fingerprint density at radius 3 is 2.69 bits per heavy atom. The number of hydrogen-bond donors (Lipinski definition) is 0. The van der Waals surface area contributed by atoms with Crippen LogP contribution in [0.2, 0.25) is 0 Å². The molecule has 0 unspecified atom stereocenters. The maximum Gasteiger partial charge on any atom is 0.244 e. The third kappa shape index (κ3) is 2.29. The fraction of sp³-hybridized carbons (Fsp3) is 0.400. The number of rotatable bonds is 2. The Kier molecular flexibility index (Phi) is 3.63. The Balaban J connectivity index is 2.35. The van der Waals surface area contributed by atoms with Gasteiger partial charge in [-0.15, -0.1) is 0 Å². The predicted molar refractivity (Wildman–Crippen MR) is 62.6 cm³/mol. The lowest BCUT2D eigenvalue weighted by atomic mass is 10.4. The standard InChI is InChI=1S/C10H11BrNO3S/c11-9-3-1-2-4-10(9)16(13,14)12-5-7-15-8-6-12/h1,3-4H,5-8H2. The highest BCUT2D eigenvalue weighted by Crippen LogP contribution is 2.24. The molecule has 1 heterocycles. The topological polar surface area (TPSA) is 46.6 Å². The highest BCUT2D eigenvalue weighted by molar-refractivity contribution is 9.10. The molecule has 1 aliphatic rings. The van der Waals surface area contributed by atoms with Crippen LogP contribution in [0.3, 0.4) is 0 Å². The molecule has 1 aromatic rings. The molecular weight excluding hydrogens is 294 g/mol. The molecule has 0 bridgehead atoms. The SMILES string of the molecule is O=S(=O)(c1c[c]ccc1Br)N1CCOCC1. The minimum absolute atomic E-state index is 0.261. The summed E-state index contributed by atoms with van der Waals surface area (Å²) in [5, 5.41) is 0. The highest BCUT2D eigenvalue weighted by atomic mass is 79.9. The van der Waals surface area contributed by atoms with Gasteiger partial charge in [-0.1, -0.05) is 6.07 Å². The van der Waals surface area contributed by atoms with Crippen LogP contribution in [0.25, 0.3) is 0 Å². The molecule has 0 saturated carbocycles. The van der Waals surface area contributed by atoms with Gasteiger partial charge >= 0.3 is 0 Å². The zero-order valence-corrected chi connectivity index (χ0v) is 10.9. The van der Waals surface area contributed by atoms with E-state index in [1.807, 2.05) is 0 Å². The lowest BCUT2D eigenvalue weighted by Gasteiger charge is -2.26. The van der Waals surface area contributed by atoms with Gasteiger partial charge in [-0.25, -0.2) is 8.42 Å². The average Bonchev–Trinajstić information content (AvgIpc) is 2.30. The van der Waals surface area contributed by atoms with Gasteiger partial charge in [0.2, 0.25) is 10.0 Å². The van der Waals surface area contributed by atoms with Crippen molar-refractivity contribution in [2.45, 2.75) is 4.90 Å². The van der Waals surface area contributed by atoms with Gasteiger partial charge in [0, 0.05) is 17.6 Å². The fourth-order valence-electron chi connectivity index (χ4n) is 1.52. The van der Waals surface area contributed by atoms with Crippen LogP contribution in [0.5, 0.6) is 0 Å². The van der Waals surface area contributed by atoms with Crippen molar-refractivity contribution in [3.8, 4) is 0 Å². The zero-order valence-electron chi connectivity index (χ0n) is 8.52. The summed E-state index contributed by atoms with van der Waals surface area (Å²) in [6, 6.07) is 7.60. The summed E-state index contributed by atoms with van der Waals surface area (Å²) < 4.78 is 31.6.